The molecule has 10 heteroatoms. The molecule has 3 aromatic rings. The molecule has 1 amide bonds. The highest BCUT2D eigenvalue weighted by Gasteiger charge is 2.30. The van der Waals surface area contributed by atoms with Crippen LogP contribution in [0.3, 0.4) is 0 Å². The minimum atomic E-state index is -4.41. The van der Waals surface area contributed by atoms with Crippen molar-refractivity contribution in [1.82, 2.24) is 15.2 Å². The van der Waals surface area contributed by atoms with E-state index in [0.29, 0.717) is 16.7 Å². The molecule has 0 fully saturated rings. The van der Waals surface area contributed by atoms with Gasteiger partial charge in [0, 0.05) is 5.69 Å². The maximum Gasteiger partial charge on any atom is 0.416 e. The smallest absolute Gasteiger partial charge is 0.325 e. The number of aromatic amines is 1. The number of hydrogen-bond acceptors (Lipinski definition) is 5. The number of carbonyl (C=O) groups excluding carboxylic acids is 1. The Balaban J connectivity index is 1.59. The van der Waals surface area contributed by atoms with Gasteiger partial charge < -0.3 is 5.32 Å². The van der Waals surface area contributed by atoms with E-state index < -0.39 is 17.0 Å². The highest BCUT2D eigenvalue weighted by atomic mass is 32.2. The van der Waals surface area contributed by atoms with Crippen LogP contribution in [0.25, 0.3) is 10.7 Å². The van der Waals surface area contributed by atoms with E-state index in [9.17, 15) is 18.0 Å². The van der Waals surface area contributed by atoms with Crippen molar-refractivity contribution >= 4 is 34.7 Å². The van der Waals surface area contributed by atoms with E-state index >= 15 is 0 Å². The molecule has 3 rings (SSSR count). The highest BCUT2D eigenvalue weighted by molar-refractivity contribution is 8.00. The SMILES string of the molecule is C[C@H](Sc1n[nH]c(-c2cccs2)n1)C(=O)Nc1ccc(C(F)(F)F)cc1. The number of amides is 1. The predicted molar refractivity (Wildman–Crippen MR) is 95.1 cm³/mol. The predicted octanol–water partition coefficient (Wildman–Crippen LogP) is 4.67. The van der Waals surface area contributed by atoms with Gasteiger partial charge in [0.15, 0.2) is 5.82 Å². The molecule has 0 aliphatic carbocycles. The number of nitrogens with zero attached hydrogens (tertiary/aromatic N) is 2. The Bertz CT molecular complexity index is 876. The summed E-state index contributed by atoms with van der Waals surface area (Å²) in [6, 6.07) is 8.10. The van der Waals surface area contributed by atoms with Gasteiger partial charge in [-0.25, -0.2) is 4.98 Å². The van der Waals surface area contributed by atoms with Crippen LogP contribution in [-0.4, -0.2) is 26.3 Å². The molecule has 26 heavy (non-hydrogen) atoms. The van der Waals surface area contributed by atoms with Gasteiger partial charge in [0.25, 0.3) is 0 Å². The molecule has 136 valence electrons. The molecule has 0 saturated heterocycles. The number of nitrogens with one attached hydrogen (secondary N) is 2. The number of H-pyrrole nitrogens is 1. The minimum Gasteiger partial charge on any atom is -0.325 e. The molecule has 0 radical (unpaired) electrons. The van der Waals surface area contributed by atoms with E-state index in [4.69, 9.17) is 0 Å². The number of halogens is 3. The summed E-state index contributed by atoms with van der Waals surface area (Å²) in [5, 5.41) is 11.3. The summed E-state index contributed by atoms with van der Waals surface area (Å²) in [5.74, 6) is 0.273. The number of thiophene rings is 1. The van der Waals surface area contributed by atoms with Crippen LogP contribution in [0.4, 0.5) is 18.9 Å². The molecule has 0 aliphatic rings. The number of hydrogen-bond donors (Lipinski definition) is 2. The number of rotatable bonds is 5. The van der Waals surface area contributed by atoms with Crippen LogP contribution in [0.15, 0.2) is 46.9 Å². The van der Waals surface area contributed by atoms with Gasteiger partial charge in [0.05, 0.1) is 15.7 Å². The highest BCUT2D eigenvalue weighted by Crippen LogP contribution is 2.30. The molecule has 2 heterocycles. The van der Waals surface area contributed by atoms with Crippen LogP contribution < -0.4 is 5.32 Å². The molecule has 5 nitrogen and oxygen atoms in total. The summed E-state index contributed by atoms with van der Waals surface area (Å²) in [6.07, 6.45) is -4.41. The van der Waals surface area contributed by atoms with E-state index in [1.54, 1.807) is 6.92 Å². The lowest BCUT2D eigenvalue weighted by molar-refractivity contribution is -0.137. The fourth-order valence-electron chi connectivity index (χ4n) is 2.02. The quantitative estimate of drug-likeness (QED) is 0.613. The second kappa shape index (κ2) is 7.50. The number of thioether (sulfide) groups is 1. The van der Waals surface area contributed by atoms with E-state index in [2.05, 4.69) is 20.5 Å². The summed E-state index contributed by atoms with van der Waals surface area (Å²) >= 11 is 2.67. The fourth-order valence-corrected chi connectivity index (χ4v) is 3.41. The largest absolute Gasteiger partial charge is 0.416 e. The van der Waals surface area contributed by atoms with E-state index in [0.717, 1.165) is 28.8 Å². The lowest BCUT2D eigenvalue weighted by Crippen LogP contribution is -2.22. The standard InChI is InChI=1S/C16H13F3N4OS2/c1-9(26-15-21-13(22-23-15)12-3-2-8-25-12)14(24)20-11-6-4-10(5-7-11)16(17,18)19/h2-9H,1H3,(H,20,24)(H,21,22,23)/t9-/m0/s1. The Kier molecular flexibility index (Phi) is 5.33. The zero-order chi connectivity index (χ0) is 18.7. The molecule has 0 unspecified atom stereocenters. The second-order valence-electron chi connectivity index (χ2n) is 5.27. The van der Waals surface area contributed by atoms with Crippen LogP contribution in [-0.2, 0) is 11.0 Å². The minimum absolute atomic E-state index is 0.296. The molecular formula is C16H13F3N4OS2. The number of benzene rings is 1. The average Bonchev–Trinajstić information content (AvgIpc) is 3.25. The monoisotopic (exact) mass is 398 g/mol. The van der Waals surface area contributed by atoms with Gasteiger partial charge in [-0.3, -0.25) is 9.89 Å². The third kappa shape index (κ3) is 4.44. The average molecular weight is 398 g/mol. The van der Waals surface area contributed by atoms with Gasteiger partial charge in [-0.15, -0.1) is 16.4 Å². The van der Waals surface area contributed by atoms with Gasteiger partial charge in [-0.2, -0.15) is 13.2 Å². The maximum absolute atomic E-state index is 12.5. The molecule has 0 aliphatic heterocycles. The van der Waals surface area contributed by atoms with Crippen molar-refractivity contribution in [3.05, 3.63) is 47.3 Å². The van der Waals surface area contributed by atoms with E-state index in [1.807, 2.05) is 17.5 Å². The van der Waals surface area contributed by atoms with Crippen molar-refractivity contribution in [3.8, 4) is 10.7 Å². The first-order valence-corrected chi connectivity index (χ1v) is 9.20. The van der Waals surface area contributed by atoms with Gasteiger partial charge in [-0.05, 0) is 42.6 Å². The lowest BCUT2D eigenvalue weighted by Gasteiger charge is -2.11. The molecule has 1 aromatic carbocycles. The topological polar surface area (TPSA) is 70.7 Å². The Morgan fingerprint density at radius 3 is 2.62 bits per heavy atom. The number of anilines is 1. The van der Waals surface area contributed by atoms with Crippen LogP contribution in [0.2, 0.25) is 0 Å². The van der Waals surface area contributed by atoms with E-state index in [1.165, 1.54) is 23.5 Å². The second-order valence-corrected chi connectivity index (χ2v) is 7.52. The first-order chi connectivity index (χ1) is 12.3. The third-order valence-corrected chi connectivity index (χ3v) is 5.19. The number of alkyl halides is 3. The van der Waals surface area contributed by atoms with Crippen molar-refractivity contribution in [2.24, 2.45) is 0 Å². The first-order valence-electron chi connectivity index (χ1n) is 7.44. The zero-order valence-electron chi connectivity index (χ0n) is 13.4. The Morgan fingerprint density at radius 1 is 1.27 bits per heavy atom. The molecule has 2 aromatic heterocycles. The normalized spacial score (nSPS) is 12.8. The van der Waals surface area contributed by atoms with Gasteiger partial charge >= 0.3 is 6.18 Å². The molecule has 0 spiro atoms. The van der Waals surface area contributed by atoms with Gasteiger partial charge in [0.1, 0.15) is 0 Å². The van der Waals surface area contributed by atoms with E-state index in [-0.39, 0.29) is 5.91 Å². The number of carbonyl (C=O) groups is 1. The zero-order valence-corrected chi connectivity index (χ0v) is 15.0. The summed E-state index contributed by atoms with van der Waals surface area (Å²) < 4.78 is 37.6. The van der Waals surface area contributed by atoms with Crippen molar-refractivity contribution < 1.29 is 18.0 Å². The van der Waals surface area contributed by atoms with Crippen LogP contribution >= 0.6 is 23.1 Å². The maximum atomic E-state index is 12.5. The summed E-state index contributed by atoms with van der Waals surface area (Å²) in [6.45, 7) is 1.67. The summed E-state index contributed by atoms with van der Waals surface area (Å²) in [4.78, 5) is 17.5. The van der Waals surface area contributed by atoms with Crippen molar-refractivity contribution in [2.45, 2.75) is 23.5 Å². The van der Waals surface area contributed by atoms with Crippen LogP contribution in [0.5, 0.6) is 0 Å². The first kappa shape index (κ1) is 18.5. The summed E-state index contributed by atoms with van der Waals surface area (Å²) in [5.41, 5.74) is -0.468. The fraction of sp³-hybridized carbons (Fsp3) is 0.188. The Morgan fingerprint density at radius 2 is 2.00 bits per heavy atom. The molecule has 1 atom stereocenters. The Labute approximate surface area is 155 Å². The molecule has 0 bridgehead atoms. The van der Waals surface area contributed by atoms with Crippen LogP contribution in [0.1, 0.15) is 12.5 Å². The molecule has 2 N–H and O–H groups in total. The lowest BCUT2D eigenvalue weighted by atomic mass is 10.2. The molecule has 0 saturated carbocycles. The molecular weight excluding hydrogens is 385 g/mol. The Hall–Kier alpha value is -2.33. The van der Waals surface area contributed by atoms with Crippen molar-refractivity contribution in [1.29, 1.82) is 0 Å². The van der Waals surface area contributed by atoms with Gasteiger partial charge in [-0.1, -0.05) is 17.8 Å². The van der Waals surface area contributed by atoms with Crippen molar-refractivity contribution in [3.63, 3.8) is 0 Å². The number of aromatic nitrogens is 3. The third-order valence-electron chi connectivity index (χ3n) is 3.35. The summed E-state index contributed by atoms with van der Waals surface area (Å²) in [7, 11) is 0. The van der Waals surface area contributed by atoms with Crippen molar-refractivity contribution in [2.75, 3.05) is 5.32 Å². The van der Waals surface area contributed by atoms with Gasteiger partial charge in [0.2, 0.25) is 11.1 Å². The van der Waals surface area contributed by atoms with Crippen LogP contribution in [0, 0.1) is 0 Å².